The van der Waals surface area contributed by atoms with E-state index in [4.69, 9.17) is 4.98 Å². The van der Waals surface area contributed by atoms with Gasteiger partial charge in [-0.25, -0.2) is 9.97 Å². The van der Waals surface area contributed by atoms with Gasteiger partial charge in [0.15, 0.2) is 0 Å². The van der Waals surface area contributed by atoms with Crippen LogP contribution in [0, 0.1) is 6.92 Å². The SMILES string of the molecule is C=C/C(=C\C(=C/C)c1ccc2[nH]nc(-c3cc4c(-n5cnc(C)c5)cncc4[nH]3)c2n1)NC(C)C. The Hall–Kier alpha value is -4.46. The predicted molar refractivity (Wildman–Crippen MR) is 141 cm³/mol. The van der Waals surface area contributed by atoms with E-state index < -0.39 is 0 Å². The van der Waals surface area contributed by atoms with E-state index in [-0.39, 0.29) is 0 Å². The molecule has 5 aromatic heterocycles. The van der Waals surface area contributed by atoms with Crippen molar-refractivity contribution >= 4 is 27.5 Å². The number of H-pyrrole nitrogens is 2. The summed E-state index contributed by atoms with van der Waals surface area (Å²) < 4.78 is 1.98. The summed E-state index contributed by atoms with van der Waals surface area (Å²) in [5.41, 5.74) is 8.93. The number of nitrogens with zero attached hydrogens (tertiary/aromatic N) is 5. The first kappa shape index (κ1) is 22.3. The van der Waals surface area contributed by atoms with Gasteiger partial charge < -0.3 is 14.9 Å². The Morgan fingerprint density at radius 2 is 2.06 bits per heavy atom. The molecule has 5 rings (SSSR count). The van der Waals surface area contributed by atoms with Crippen molar-refractivity contribution in [1.82, 2.24) is 40.0 Å². The maximum atomic E-state index is 4.98. The first-order chi connectivity index (χ1) is 17.0. The molecule has 0 aliphatic heterocycles. The van der Waals surface area contributed by atoms with Gasteiger partial charge in [-0.2, -0.15) is 5.10 Å². The molecule has 35 heavy (non-hydrogen) atoms. The summed E-state index contributed by atoms with van der Waals surface area (Å²) in [6, 6.07) is 6.41. The number of fused-ring (bicyclic) bond motifs is 2. The quantitative estimate of drug-likeness (QED) is 0.278. The van der Waals surface area contributed by atoms with Gasteiger partial charge in [0.2, 0.25) is 0 Å². The maximum absolute atomic E-state index is 4.98. The van der Waals surface area contributed by atoms with Crippen molar-refractivity contribution in [2.24, 2.45) is 0 Å². The van der Waals surface area contributed by atoms with Gasteiger partial charge in [-0.15, -0.1) is 0 Å². The highest BCUT2D eigenvalue weighted by Gasteiger charge is 2.16. The fourth-order valence-electron chi connectivity index (χ4n) is 4.14. The van der Waals surface area contributed by atoms with Gasteiger partial charge >= 0.3 is 0 Å². The summed E-state index contributed by atoms with van der Waals surface area (Å²) in [5, 5.41) is 12.1. The van der Waals surface area contributed by atoms with E-state index in [2.05, 4.69) is 63.0 Å². The van der Waals surface area contributed by atoms with E-state index >= 15 is 0 Å². The van der Waals surface area contributed by atoms with E-state index in [0.717, 1.165) is 61.7 Å². The Balaban J connectivity index is 1.59. The number of aromatic nitrogens is 7. The van der Waals surface area contributed by atoms with Crippen molar-refractivity contribution in [3.05, 3.63) is 85.0 Å². The summed E-state index contributed by atoms with van der Waals surface area (Å²) in [6.45, 7) is 12.1. The van der Waals surface area contributed by atoms with E-state index in [1.807, 2.05) is 61.3 Å². The molecule has 8 nitrogen and oxygen atoms in total. The second-order valence-corrected chi connectivity index (χ2v) is 8.74. The van der Waals surface area contributed by atoms with Crippen molar-refractivity contribution in [3.63, 3.8) is 0 Å². The van der Waals surface area contributed by atoms with Gasteiger partial charge in [0.25, 0.3) is 0 Å². The van der Waals surface area contributed by atoms with Crippen LogP contribution in [0.25, 0.3) is 44.6 Å². The number of nitrogens with one attached hydrogen (secondary N) is 3. The second-order valence-electron chi connectivity index (χ2n) is 8.74. The molecule has 0 aromatic carbocycles. The van der Waals surface area contributed by atoms with Crippen LogP contribution in [0.3, 0.4) is 0 Å². The predicted octanol–water partition coefficient (Wildman–Crippen LogP) is 5.47. The number of hydrogen-bond acceptors (Lipinski definition) is 5. The lowest BCUT2D eigenvalue weighted by Crippen LogP contribution is -2.20. The summed E-state index contributed by atoms with van der Waals surface area (Å²) in [7, 11) is 0. The molecule has 0 atom stereocenters. The number of imidazole rings is 1. The Bertz CT molecular complexity index is 1590. The minimum absolute atomic E-state index is 0.306. The highest BCUT2D eigenvalue weighted by molar-refractivity contribution is 5.96. The van der Waals surface area contributed by atoms with E-state index in [1.54, 1.807) is 6.33 Å². The molecule has 5 heterocycles. The molecule has 0 amide bonds. The number of pyridine rings is 2. The van der Waals surface area contributed by atoms with Crippen LogP contribution < -0.4 is 5.32 Å². The zero-order valence-corrected chi connectivity index (χ0v) is 20.3. The molecule has 0 aliphatic rings. The number of aryl methyl sites for hydroxylation is 1. The normalized spacial score (nSPS) is 12.7. The average molecular weight is 465 g/mol. The third-order valence-corrected chi connectivity index (χ3v) is 5.77. The smallest absolute Gasteiger partial charge is 0.135 e. The Morgan fingerprint density at radius 3 is 2.77 bits per heavy atom. The third kappa shape index (κ3) is 4.26. The number of aromatic amines is 2. The van der Waals surface area contributed by atoms with Gasteiger partial charge in [0, 0.05) is 23.3 Å². The molecule has 0 unspecified atom stereocenters. The topological polar surface area (TPSA) is 100 Å². The van der Waals surface area contributed by atoms with Crippen LogP contribution in [0.2, 0.25) is 0 Å². The zero-order chi connectivity index (χ0) is 24.5. The van der Waals surface area contributed by atoms with Crippen molar-refractivity contribution in [2.75, 3.05) is 0 Å². The largest absolute Gasteiger partial charge is 0.383 e. The molecular weight excluding hydrogens is 436 g/mol. The van der Waals surface area contributed by atoms with Crippen LogP contribution in [0.4, 0.5) is 0 Å². The first-order valence-corrected chi connectivity index (χ1v) is 11.6. The maximum Gasteiger partial charge on any atom is 0.135 e. The standard InChI is InChI=1S/C27H28N8/c1-6-18(10-19(7-2)30-16(3)4)21-8-9-22-26(32-21)27(34-33-22)23-11-20-24(31-23)12-28-13-25(20)35-14-17(5)29-15-35/h6-16,30-31H,2H2,1,3-5H3,(H,33,34)/b18-6+,19-10+. The summed E-state index contributed by atoms with van der Waals surface area (Å²) in [6.07, 6.45) is 13.4. The Labute approximate surface area is 203 Å². The summed E-state index contributed by atoms with van der Waals surface area (Å²) >= 11 is 0. The molecule has 5 aromatic rings. The van der Waals surface area contributed by atoms with Gasteiger partial charge in [-0.3, -0.25) is 10.1 Å². The molecule has 0 saturated carbocycles. The van der Waals surface area contributed by atoms with Gasteiger partial charge in [-0.05, 0) is 63.6 Å². The molecular formula is C27H28N8. The van der Waals surface area contributed by atoms with Crippen molar-refractivity contribution in [2.45, 2.75) is 33.7 Å². The first-order valence-electron chi connectivity index (χ1n) is 11.6. The van der Waals surface area contributed by atoms with Crippen LogP contribution >= 0.6 is 0 Å². The lowest BCUT2D eigenvalue weighted by atomic mass is 10.1. The number of hydrogen-bond donors (Lipinski definition) is 3. The van der Waals surface area contributed by atoms with Crippen molar-refractivity contribution in [1.29, 1.82) is 0 Å². The molecule has 176 valence electrons. The fraction of sp³-hybridized carbons (Fsp3) is 0.185. The zero-order valence-electron chi connectivity index (χ0n) is 20.3. The van der Waals surface area contributed by atoms with Crippen LogP contribution in [-0.4, -0.2) is 40.7 Å². The average Bonchev–Trinajstić information content (AvgIpc) is 3.58. The number of rotatable bonds is 7. The Kier molecular flexibility index (Phi) is 5.78. The van der Waals surface area contributed by atoms with E-state index in [1.165, 1.54) is 0 Å². The summed E-state index contributed by atoms with van der Waals surface area (Å²) in [5.74, 6) is 0. The van der Waals surface area contributed by atoms with Crippen LogP contribution in [0.1, 0.15) is 32.2 Å². The minimum Gasteiger partial charge on any atom is -0.383 e. The van der Waals surface area contributed by atoms with Crippen LogP contribution in [-0.2, 0) is 0 Å². The van der Waals surface area contributed by atoms with Gasteiger partial charge in [0.05, 0.1) is 52.5 Å². The molecule has 0 fully saturated rings. The van der Waals surface area contributed by atoms with Crippen molar-refractivity contribution in [3.8, 4) is 17.1 Å². The van der Waals surface area contributed by atoms with Crippen LogP contribution in [0.15, 0.2) is 73.6 Å². The molecule has 0 saturated heterocycles. The Morgan fingerprint density at radius 1 is 1.20 bits per heavy atom. The molecule has 0 aliphatic carbocycles. The molecule has 0 bridgehead atoms. The van der Waals surface area contributed by atoms with Gasteiger partial charge in [-0.1, -0.05) is 12.7 Å². The highest BCUT2D eigenvalue weighted by atomic mass is 15.1. The lowest BCUT2D eigenvalue weighted by Gasteiger charge is -2.12. The third-order valence-electron chi connectivity index (χ3n) is 5.77. The summed E-state index contributed by atoms with van der Waals surface area (Å²) in [4.78, 5) is 17.2. The van der Waals surface area contributed by atoms with E-state index in [9.17, 15) is 0 Å². The minimum atomic E-state index is 0.306. The molecule has 0 spiro atoms. The fourth-order valence-corrected chi connectivity index (χ4v) is 4.14. The van der Waals surface area contributed by atoms with Gasteiger partial charge in [0.1, 0.15) is 11.2 Å². The monoisotopic (exact) mass is 464 g/mol. The molecule has 8 heteroatoms. The van der Waals surface area contributed by atoms with E-state index in [0.29, 0.717) is 6.04 Å². The lowest BCUT2D eigenvalue weighted by molar-refractivity contribution is 0.682. The van der Waals surface area contributed by atoms with Crippen molar-refractivity contribution < 1.29 is 0 Å². The van der Waals surface area contributed by atoms with Crippen LogP contribution in [0.5, 0.6) is 0 Å². The number of allylic oxidation sites excluding steroid dienone is 4. The second kappa shape index (κ2) is 9.06. The molecule has 3 N–H and O–H groups in total. The highest BCUT2D eigenvalue weighted by Crippen LogP contribution is 2.31. The molecule has 0 radical (unpaired) electrons.